The van der Waals surface area contributed by atoms with Crippen LogP contribution in [0.2, 0.25) is 0 Å². The van der Waals surface area contributed by atoms with E-state index in [2.05, 4.69) is 32.9 Å². The predicted octanol–water partition coefficient (Wildman–Crippen LogP) is 2.17. The maximum absolute atomic E-state index is 11.9. The number of rotatable bonds is 4. The van der Waals surface area contributed by atoms with Gasteiger partial charge in [-0.3, -0.25) is 4.72 Å². The fraction of sp³-hybridized carbons (Fsp3) is 0.300. The van der Waals surface area contributed by atoms with Crippen LogP contribution >= 0.6 is 28.1 Å². The van der Waals surface area contributed by atoms with Crippen molar-refractivity contribution in [2.24, 2.45) is 5.73 Å². The molecule has 0 bridgehead atoms. The lowest BCUT2D eigenvalue weighted by molar-refractivity contribution is 0.598. The predicted molar refractivity (Wildman–Crippen MR) is 77.7 cm³/mol. The number of hydrogen-bond donors (Lipinski definition) is 2. The van der Waals surface area contributed by atoms with Crippen LogP contribution in [-0.2, 0) is 10.0 Å². The van der Waals surface area contributed by atoms with Gasteiger partial charge >= 0.3 is 0 Å². The van der Waals surface area contributed by atoms with Crippen LogP contribution in [0.5, 0.6) is 0 Å². The molecule has 1 aromatic rings. The molecule has 94 valence electrons. The fourth-order valence-corrected chi connectivity index (χ4v) is 3.01. The van der Waals surface area contributed by atoms with Gasteiger partial charge in [-0.25, -0.2) is 8.42 Å². The van der Waals surface area contributed by atoms with Gasteiger partial charge in [0.2, 0.25) is 10.0 Å². The van der Waals surface area contributed by atoms with Crippen molar-refractivity contribution < 1.29 is 8.42 Å². The molecule has 0 heterocycles. The molecule has 0 aliphatic carbocycles. The van der Waals surface area contributed by atoms with E-state index >= 15 is 0 Å². The molecule has 0 amide bonds. The molecule has 1 atom stereocenters. The third kappa shape index (κ3) is 3.65. The van der Waals surface area contributed by atoms with E-state index in [0.29, 0.717) is 5.69 Å². The summed E-state index contributed by atoms with van der Waals surface area (Å²) >= 11 is 8.00. The summed E-state index contributed by atoms with van der Waals surface area (Å²) in [6.07, 6.45) is 0. The van der Waals surface area contributed by atoms with E-state index < -0.39 is 15.3 Å². The highest BCUT2D eigenvalue weighted by Crippen LogP contribution is 2.21. The highest BCUT2D eigenvalue weighted by molar-refractivity contribution is 9.10. The maximum atomic E-state index is 11.9. The van der Waals surface area contributed by atoms with Crippen molar-refractivity contribution >= 4 is 48.8 Å². The summed E-state index contributed by atoms with van der Waals surface area (Å²) in [5, 5.41) is -0.902. The molecule has 0 aliphatic rings. The van der Waals surface area contributed by atoms with Crippen molar-refractivity contribution in [1.29, 1.82) is 0 Å². The van der Waals surface area contributed by atoms with Crippen molar-refractivity contribution in [3.8, 4) is 0 Å². The Bertz CT molecular complexity index is 543. The van der Waals surface area contributed by atoms with Gasteiger partial charge in [-0.15, -0.1) is 0 Å². The SMILES string of the molecule is Cc1cc(Br)ccc1NS(=O)(=O)C(C)C(N)=S. The largest absolute Gasteiger partial charge is 0.392 e. The van der Waals surface area contributed by atoms with E-state index in [0.717, 1.165) is 10.0 Å². The van der Waals surface area contributed by atoms with Gasteiger partial charge in [0, 0.05) is 4.47 Å². The number of hydrogen-bond acceptors (Lipinski definition) is 3. The Hall–Kier alpha value is -0.660. The summed E-state index contributed by atoms with van der Waals surface area (Å²) in [6.45, 7) is 3.27. The summed E-state index contributed by atoms with van der Waals surface area (Å²) in [5.74, 6) is 0. The molecule has 1 unspecified atom stereocenters. The molecule has 0 radical (unpaired) electrons. The second kappa shape index (κ2) is 5.32. The number of thiocarbonyl (C=S) groups is 1. The zero-order valence-electron chi connectivity index (χ0n) is 9.40. The van der Waals surface area contributed by atoms with Crippen molar-refractivity contribution in [2.75, 3.05) is 4.72 Å². The normalized spacial score (nSPS) is 13.1. The van der Waals surface area contributed by atoms with Gasteiger partial charge in [-0.2, -0.15) is 0 Å². The first-order valence-corrected chi connectivity index (χ1v) is 7.56. The highest BCUT2D eigenvalue weighted by atomic mass is 79.9. The third-order valence-electron chi connectivity index (χ3n) is 2.31. The molecule has 0 saturated carbocycles. The number of nitrogens with one attached hydrogen (secondary N) is 1. The topological polar surface area (TPSA) is 72.2 Å². The lowest BCUT2D eigenvalue weighted by atomic mass is 10.2. The van der Waals surface area contributed by atoms with Crippen molar-refractivity contribution in [1.82, 2.24) is 0 Å². The molecule has 0 aliphatic heterocycles. The molecule has 4 nitrogen and oxygen atoms in total. The number of nitrogens with two attached hydrogens (primary N) is 1. The van der Waals surface area contributed by atoms with Gasteiger partial charge in [0.1, 0.15) is 5.25 Å². The molecular formula is C10H13BrN2O2S2. The summed E-state index contributed by atoms with van der Waals surface area (Å²) < 4.78 is 27.1. The average Bonchev–Trinajstić information content (AvgIpc) is 2.21. The number of anilines is 1. The first-order valence-electron chi connectivity index (χ1n) is 4.81. The first kappa shape index (κ1) is 14.4. The smallest absolute Gasteiger partial charge is 0.241 e. The molecule has 7 heteroatoms. The molecule has 0 saturated heterocycles. The second-order valence-corrected chi connectivity index (χ2v) is 7.04. The molecule has 17 heavy (non-hydrogen) atoms. The zero-order valence-corrected chi connectivity index (χ0v) is 12.6. The van der Waals surface area contributed by atoms with Gasteiger partial charge in [0.25, 0.3) is 0 Å². The Morgan fingerprint density at radius 2 is 2.12 bits per heavy atom. The quantitative estimate of drug-likeness (QED) is 0.826. The summed E-state index contributed by atoms with van der Waals surface area (Å²) in [7, 11) is -3.58. The Labute approximate surface area is 115 Å². The highest BCUT2D eigenvalue weighted by Gasteiger charge is 2.23. The molecular weight excluding hydrogens is 324 g/mol. The minimum absolute atomic E-state index is 0.0488. The lowest BCUT2D eigenvalue weighted by Crippen LogP contribution is -2.35. The minimum Gasteiger partial charge on any atom is -0.392 e. The van der Waals surface area contributed by atoms with Gasteiger partial charge in [0.05, 0.1) is 10.7 Å². The van der Waals surface area contributed by atoms with Gasteiger partial charge < -0.3 is 5.73 Å². The van der Waals surface area contributed by atoms with Crippen molar-refractivity contribution in [2.45, 2.75) is 19.1 Å². The van der Waals surface area contributed by atoms with E-state index in [9.17, 15) is 8.42 Å². The average molecular weight is 337 g/mol. The number of halogens is 1. The van der Waals surface area contributed by atoms with Crippen LogP contribution in [0.15, 0.2) is 22.7 Å². The van der Waals surface area contributed by atoms with Crippen LogP contribution in [0.1, 0.15) is 12.5 Å². The van der Waals surface area contributed by atoms with Crippen LogP contribution < -0.4 is 10.5 Å². The maximum Gasteiger partial charge on any atom is 0.241 e. The Morgan fingerprint density at radius 1 is 1.53 bits per heavy atom. The van der Waals surface area contributed by atoms with E-state index in [4.69, 9.17) is 5.73 Å². The molecule has 0 spiro atoms. The van der Waals surface area contributed by atoms with Crippen LogP contribution in [0.25, 0.3) is 0 Å². The van der Waals surface area contributed by atoms with Crippen LogP contribution in [-0.4, -0.2) is 18.7 Å². The van der Waals surface area contributed by atoms with Gasteiger partial charge in [0.15, 0.2) is 0 Å². The second-order valence-electron chi connectivity index (χ2n) is 3.65. The number of benzene rings is 1. The summed E-state index contributed by atoms with van der Waals surface area (Å²) in [4.78, 5) is -0.0488. The van der Waals surface area contributed by atoms with Gasteiger partial charge in [-0.1, -0.05) is 28.1 Å². The molecule has 1 aromatic carbocycles. The van der Waals surface area contributed by atoms with E-state index in [1.54, 1.807) is 12.1 Å². The fourth-order valence-electron chi connectivity index (χ4n) is 1.14. The molecule has 3 N–H and O–H groups in total. The number of sulfonamides is 1. The van der Waals surface area contributed by atoms with E-state index in [1.165, 1.54) is 6.92 Å². The number of aryl methyl sites for hydroxylation is 1. The standard InChI is InChI=1S/C10H13BrN2O2S2/c1-6-5-8(11)3-4-9(6)13-17(14,15)7(2)10(12)16/h3-5,7,13H,1-2H3,(H2,12,16). The Kier molecular flexibility index (Phi) is 4.51. The first-order chi connectivity index (χ1) is 7.74. The van der Waals surface area contributed by atoms with Crippen LogP contribution in [0, 0.1) is 6.92 Å². The third-order valence-corrected chi connectivity index (χ3v) is 4.99. The van der Waals surface area contributed by atoms with Crippen molar-refractivity contribution in [3.05, 3.63) is 28.2 Å². The molecule has 1 rings (SSSR count). The van der Waals surface area contributed by atoms with Crippen LogP contribution in [0.3, 0.4) is 0 Å². The monoisotopic (exact) mass is 336 g/mol. The summed E-state index contributed by atoms with van der Waals surface area (Å²) in [6, 6.07) is 5.27. The van der Waals surface area contributed by atoms with E-state index in [1.807, 2.05) is 13.0 Å². The zero-order chi connectivity index (χ0) is 13.2. The molecule has 0 aromatic heterocycles. The lowest BCUT2D eigenvalue weighted by Gasteiger charge is -2.15. The van der Waals surface area contributed by atoms with Crippen LogP contribution in [0.4, 0.5) is 5.69 Å². The minimum atomic E-state index is -3.58. The summed E-state index contributed by atoms with van der Waals surface area (Å²) in [5.41, 5.74) is 6.68. The Morgan fingerprint density at radius 3 is 2.59 bits per heavy atom. The van der Waals surface area contributed by atoms with Crippen molar-refractivity contribution in [3.63, 3.8) is 0 Å². The molecule has 0 fully saturated rings. The van der Waals surface area contributed by atoms with Gasteiger partial charge in [-0.05, 0) is 37.6 Å². The van der Waals surface area contributed by atoms with E-state index in [-0.39, 0.29) is 4.99 Å². The Balaban J connectivity index is 3.02.